The zero-order valence-electron chi connectivity index (χ0n) is 10.9. The molecule has 2 aromatic heterocycles. The zero-order chi connectivity index (χ0) is 14.1. The zero-order valence-corrected chi connectivity index (χ0v) is 11.8. The lowest BCUT2D eigenvalue weighted by molar-refractivity contribution is 0.318. The summed E-state index contributed by atoms with van der Waals surface area (Å²) >= 11 is 1.65. The molecule has 0 saturated heterocycles. The summed E-state index contributed by atoms with van der Waals surface area (Å²) in [5.74, 6) is 0.123. The van der Waals surface area contributed by atoms with Gasteiger partial charge in [-0.15, -0.1) is 11.3 Å². The van der Waals surface area contributed by atoms with Gasteiger partial charge in [0.05, 0.1) is 17.2 Å². The van der Waals surface area contributed by atoms with Gasteiger partial charge in [0, 0.05) is 28.0 Å². The van der Waals surface area contributed by atoms with Crippen molar-refractivity contribution < 1.29 is 5.21 Å². The topological polar surface area (TPSA) is 76.4 Å². The van der Waals surface area contributed by atoms with Gasteiger partial charge >= 0.3 is 0 Å². The predicted octanol–water partition coefficient (Wildman–Crippen LogP) is 2.55. The van der Waals surface area contributed by atoms with Crippen LogP contribution in [0.15, 0.2) is 41.0 Å². The fourth-order valence-corrected chi connectivity index (χ4v) is 2.90. The molecule has 0 unspecified atom stereocenters. The third-order valence-electron chi connectivity index (χ3n) is 3.20. The average molecular weight is 286 g/mol. The molecule has 0 aliphatic rings. The number of nitrogens with zero attached hydrogens (tertiary/aromatic N) is 3. The number of thiazole rings is 1. The highest BCUT2D eigenvalue weighted by atomic mass is 32.1. The molecule has 3 N–H and O–H groups in total. The SMILES string of the molecule is Cc1nc(Cn2ccc3c(/C(N)=N/O)cccc32)cs1. The van der Waals surface area contributed by atoms with Crippen molar-refractivity contribution in [2.45, 2.75) is 13.5 Å². The second kappa shape index (κ2) is 4.97. The molecule has 0 aliphatic heterocycles. The van der Waals surface area contributed by atoms with E-state index in [4.69, 9.17) is 10.9 Å². The maximum atomic E-state index is 8.84. The minimum Gasteiger partial charge on any atom is -0.409 e. The van der Waals surface area contributed by atoms with Gasteiger partial charge in [0.15, 0.2) is 5.84 Å². The lowest BCUT2D eigenvalue weighted by Gasteiger charge is -2.05. The molecule has 102 valence electrons. The molecule has 3 rings (SSSR count). The van der Waals surface area contributed by atoms with Gasteiger partial charge in [-0.1, -0.05) is 17.3 Å². The van der Waals surface area contributed by atoms with Crippen LogP contribution in [0, 0.1) is 6.92 Å². The van der Waals surface area contributed by atoms with Gasteiger partial charge in [-0.05, 0) is 19.1 Å². The molecule has 0 fully saturated rings. The van der Waals surface area contributed by atoms with E-state index in [1.807, 2.05) is 37.4 Å². The highest BCUT2D eigenvalue weighted by Crippen LogP contribution is 2.21. The molecule has 6 heteroatoms. The number of aryl methyl sites for hydroxylation is 1. The Balaban J connectivity index is 2.06. The third-order valence-corrected chi connectivity index (χ3v) is 4.02. The summed E-state index contributed by atoms with van der Waals surface area (Å²) in [6.07, 6.45) is 1.99. The molecule has 5 nitrogen and oxygen atoms in total. The first-order valence-electron chi connectivity index (χ1n) is 6.16. The van der Waals surface area contributed by atoms with Gasteiger partial charge in [-0.2, -0.15) is 0 Å². The Bertz CT molecular complexity index is 787. The smallest absolute Gasteiger partial charge is 0.170 e. The molecule has 20 heavy (non-hydrogen) atoms. The molecule has 0 spiro atoms. The summed E-state index contributed by atoms with van der Waals surface area (Å²) in [5, 5.41) is 16.0. The van der Waals surface area contributed by atoms with Crippen LogP contribution in [0.3, 0.4) is 0 Å². The van der Waals surface area contributed by atoms with Crippen molar-refractivity contribution in [1.29, 1.82) is 0 Å². The third kappa shape index (κ3) is 2.14. The second-order valence-corrected chi connectivity index (χ2v) is 5.59. The van der Waals surface area contributed by atoms with Crippen molar-refractivity contribution in [2.24, 2.45) is 10.9 Å². The van der Waals surface area contributed by atoms with E-state index in [1.165, 1.54) is 0 Å². The first kappa shape index (κ1) is 12.7. The highest BCUT2D eigenvalue weighted by molar-refractivity contribution is 7.09. The number of amidine groups is 1. The van der Waals surface area contributed by atoms with E-state index < -0.39 is 0 Å². The average Bonchev–Trinajstić information content (AvgIpc) is 3.05. The molecule has 1 aromatic carbocycles. The van der Waals surface area contributed by atoms with Gasteiger partial charge in [-0.3, -0.25) is 0 Å². The quantitative estimate of drug-likeness (QED) is 0.336. The largest absolute Gasteiger partial charge is 0.409 e. The fourth-order valence-electron chi connectivity index (χ4n) is 2.29. The molecule has 0 saturated carbocycles. The Labute approximate surface area is 120 Å². The number of benzene rings is 1. The van der Waals surface area contributed by atoms with Crippen LogP contribution in [0.4, 0.5) is 0 Å². The Kier molecular flexibility index (Phi) is 3.15. The maximum Gasteiger partial charge on any atom is 0.170 e. The summed E-state index contributed by atoms with van der Waals surface area (Å²) in [6.45, 7) is 2.71. The van der Waals surface area contributed by atoms with E-state index in [0.29, 0.717) is 6.54 Å². The molecule has 0 aliphatic carbocycles. The van der Waals surface area contributed by atoms with Crippen molar-refractivity contribution in [3.05, 3.63) is 52.1 Å². The molecule has 3 aromatic rings. The van der Waals surface area contributed by atoms with Gasteiger partial charge in [-0.25, -0.2) is 4.98 Å². The van der Waals surface area contributed by atoms with Crippen LogP contribution < -0.4 is 5.73 Å². The van der Waals surface area contributed by atoms with Gasteiger partial charge in [0.2, 0.25) is 0 Å². The van der Waals surface area contributed by atoms with Crippen molar-refractivity contribution in [3.63, 3.8) is 0 Å². The second-order valence-electron chi connectivity index (χ2n) is 4.53. The lowest BCUT2D eigenvalue weighted by Crippen LogP contribution is -2.13. The fraction of sp³-hybridized carbons (Fsp3) is 0.143. The van der Waals surface area contributed by atoms with Crippen LogP contribution in [-0.4, -0.2) is 20.6 Å². The number of hydrogen-bond acceptors (Lipinski definition) is 4. The molecule has 0 amide bonds. The summed E-state index contributed by atoms with van der Waals surface area (Å²) in [6, 6.07) is 7.73. The van der Waals surface area contributed by atoms with Crippen LogP contribution >= 0.6 is 11.3 Å². The lowest BCUT2D eigenvalue weighted by atomic mass is 10.1. The van der Waals surface area contributed by atoms with E-state index in [0.717, 1.165) is 27.2 Å². The van der Waals surface area contributed by atoms with Gasteiger partial charge in [0.25, 0.3) is 0 Å². The monoisotopic (exact) mass is 286 g/mol. The van der Waals surface area contributed by atoms with E-state index in [1.54, 1.807) is 11.3 Å². The van der Waals surface area contributed by atoms with E-state index in [2.05, 4.69) is 20.1 Å². The van der Waals surface area contributed by atoms with E-state index in [-0.39, 0.29) is 5.84 Å². The van der Waals surface area contributed by atoms with Crippen LogP contribution in [0.5, 0.6) is 0 Å². The summed E-state index contributed by atoms with van der Waals surface area (Å²) < 4.78 is 2.11. The molecule has 0 bridgehead atoms. The molecule has 0 atom stereocenters. The Morgan fingerprint density at radius 1 is 1.45 bits per heavy atom. The number of nitrogens with two attached hydrogens (primary N) is 1. The van der Waals surface area contributed by atoms with Crippen molar-refractivity contribution in [1.82, 2.24) is 9.55 Å². The maximum absolute atomic E-state index is 8.84. The summed E-state index contributed by atoms with van der Waals surface area (Å²) in [5.41, 5.74) is 8.52. The normalized spacial score (nSPS) is 12.2. The Hall–Kier alpha value is -2.34. The van der Waals surface area contributed by atoms with Crippen molar-refractivity contribution in [3.8, 4) is 0 Å². The number of fused-ring (bicyclic) bond motifs is 1. The molecule has 0 radical (unpaired) electrons. The van der Waals surface area contributed by atoms with Gasteiger partial charge in [0.1, 0.15) is 0 Å². The standard InChI is InChI=1S/C14H14N4OS/c1-9-16-10(8-20-9)7-18-6-5-11-12(14(15)17-19)3-2-4-13(11)18/h2-6,8,19H,7H2,1H3,(H2,15,17). The van der Waals surface area contributed by atoms with Crippen LogP contribution in [-0.2, 0) is 6.54 Å². The van der Waals surface area contributed by atoms with Crippen molar-refractivity contribution >= 4 is 28.1 Å². The molecular formula is C14H14N4OS. The van der Waals surface area contributed by atoms with Crippen LogP contribution in [0.1, 0.15) is 16.3 Å². The van der Waals surface area contributed by atoms with Crippen LogP contribution in [0.2, 0.25) is 0 Å². The summed E-state index contributed by atoms with van der Waals surface area (Å²) in [7, 11) is 0. The number of oxime groups is 1. The molecule has 2 heterocycles. The number of aromatic nitrogens is 2. The first-order valence-corrected chi connectivity index (χ1v) is 7.04. The minimum absolute atomic E-state index is 0.123. The Morgan fingerprint density at radius 3 is 3.00 bits per heavy atom. The van der Waals surface area contributed by atoms with Crippen LogP contribution in [0.25, 0.3) is 10.9 Å². The number of hydrogen-bond donors (Lipinski definition) is 2. The Morgan fingerprint density at radius 2 is 2.30 bits per heavy atom. The minimum atomic E-state index is 0.123. The van der Waals surface area contributed by atoms with E-state index in [9.17, 15) is 0 Å². The predicted molar refractivity (Wildman–Crippen MR) is 80.4 cm³/mol. The summed E-state index contributed by atoms with van der Waals surface area (Å²) in [4.78, 5) is 4.48. The van der Waals surface area contributed by atoms with Gasteiger partial charge < -0.3 is 15.5 Å². The van der Waals surface area contributed by atoms with Crippen molar-refractivity contribution in [2.75, 3.05) is 0 Å². The van der Waals surface area contributed by atoms with E-state index >= 15 is 0 Å². The molecular weight excluding hydrogens is 272 g/mol. The highest BCUT2D eigenvalue weighted by Gasteiger charge is 2.09. The number of rotatable bonds is 3. The first-order chi connectivity index (χ1) is 9.69.